The molecule has 1 aromatic rings. The Kier molecular flexibility index (Phi) is 3.55. The van der Waals surface area contributed by atoms with Crippen LogP contribution in [0, 0.1) is 11.6 Å². The molecule has 0 aliphatic carbocycles. The molecular formula is C11H11F2NO. The Bertz CT molecular complexity index is 393. The first-order valence-corrected chi connectivity index (χ1v) is 4.40. The second-order valence-electron chi connectivity index (χ2n) is 3.16. The molecule has 0 saturated carbocycles. The van der Waals surface area contributed by atoms with Gasteiger partial charge in [-0.3, -0.25) is 4.79 Å². The summed E-state index contributed by atoms with van der Waals surface area (Å²) >= 11 is 0. The molecule has 0 fully saturated rings. The third-order valence-electron chi connectivity index (χ3n) is 1.70. The number of hydrogen-bond acceptors (Lipinski definition) is 2. The van der Waals surface area contributed by atoms with E-state index in [1.807, 2.05) is 0 Å². The summed E-state index contributed by atoms with van der Waals surface area (Å²) < 4.78 is 26.3. The van der Waals surface area contributed by atoms with Crippen molar-refractivity contribution in [3.8, 4) is 0 Å². The lowest BCUT2D eigenvalue weighted by Crippen LogP contribution is -2.02. The summed E-state index contributed by atoms with van der Waals surface area (Å²) in [5.74, 6) is -1.56. The van der Waals surface area contributed by atoms with Gasteiger partial charge < -0.3 is 5.32 Å². The predicted octanol–water partition coefficient (Wildman–Crippen LogP) is 2.87. The highest BCUT2D eigenvalue weighted by molar-refractivity contribution is 5.88. The van der Waals surface area contributed by atoms with E-state index in [0.717, 1.165) is 12.1 Å². The number of carbonyl (C=O) groups is 1. The Morgan fingerprint density at radius 2 is 1.80 bits per heavy atom. The summed E-state index contributed by atoms with van der Waals surface area (Å²) in [6.07, 6.45) is 1.27. The van der Waals surface area contributed by atoms with E-state index >= 15 is 0 Å². The molecule has 0 radical (unpaired) electrons. The molecular weight excluding hydrogens is 200 g/mol. The number of nitrogens with one attached hydrogen (secondary N) is 1. The third-order valence-corrected chi connectivity index (χ3v) is 1.70. The third kappa shape index (κ3) is 3.16. The van der Waals surface area contributed by atoms with Crippen LogP contribution in [0.3, 0.4) is 0 Å². The van der Waals surface area contributed by atoms with Crippen molar-refractivity contribution in [3.63, 3.8) is 0 Å². The molecule has 4 heteroatoms. The zero-order chi connectivity index (χ0) is 11.4. The van der Waals surface area contributed by atoms with Gasteiger partial charge in [0.05, 0.1) is 0 Å². The molecule has 1 aromatic carbocycles. The normalized spacial score (nSPS) is 11.3. The van der Waals surface area contributed by atoms with Crippen molar-refractivity contribution in [2.45, 2.75) is 13.8 Å². The van der Waals surface area contributed by atoms with Crippen LogP contribution in [0.15, 0.2) is 30.0 Å². The van der Waals surface area contributed by atoms with Gasteiger partial charge in [0.1, 0.15) is 17.3 Å². The molecule has 0 amide bonds. The lowest BCUT2D eigenvalue weighted by atomic mass is 10.2. The molecule has 80 valence electrons. The number of ketones is 1. The number of rotatable bonds is 3. The van der Waals surface area contributed by atoms with Gasteiger partial charge in [0, 0.05) is 5.70 Å². The van der Waals surface area contributed by atoms with E-state index in [0.29, 0.717) is 5.70 Å². The molecule has 0 saturated heterocycles. The highest BCUT2D eigenvalue weighted by atomic mass is 19.1. The van der Waals surface area contributed by atoms with Crippen LogP contribution in [0.1, 0.15) is 13.8 Å². The van der Waals surface area contributed by atoms with Gasteiger partial charge in [0.2, 0.25) is 0 Å². The van der Waals surface area contributed by atoms with E-state index < -0.39 is 11.6 Å². The Hall–Kier alpha value is -1.71. The SMILES string of the molecule is CC(=O)C=C(C)Nc1c(F)cccc1F. The van der Waals surface area contributed by atoms with Crippen molar-refractivity contribution in [1.29, 1.82) is 0 Å². The summed E-state index contributed by atoms with van der Waals surface area (Å²) in [6.45, 7) is 2.93. The van der Waals surface area contributed by atoms with Gasteiger partial charge >= 0.3 is 0 Å². The summed E-state index contributed by atoms with van der Waals surface area (Å²) in [5, 5.41) is 2.50. The molecule has 0 bridgehead atoms. The number of para-hydroxylation sites is 1. The Morgan fingerprint density at radius 3 is 2.27 bits per heavy atom. The fraction of sp³-hybridized carbons (Fsp3) is 0.182. The van der Waals surface area contributed by atoms with Crippen molar-refractivity contribution >= 4 is 11.5 Å². The van der Waals surface area contributed by atoms with Crippen molar-refractivity contribution in [2.75, 3.05) is 5.32 Å². The molecule has 0 aliphatic heterocycles. The topological polar surface area (TPSA) is 29.1 Å². The average Bonchev–Trinajstić information content (AvgIpc) is 2.10. The minimum Gasteiger partial charge on any atom is -0.354 e. The van der Waals surface area contributed by atoms with Crippen LogP contribution >= 0.6 is 0 Å². The molecule has 0 spiro atoms. The summed E-state index contributed by atoms with van der Waals surface area (Å²) in [7, 11) is 0. The zero-order valence-corrected chi connectivity index (χ0v) is 8.47. The smallest absolute Gasteiger partial charge is 0.154 e. The summed E-state index contributed by atoms with van der Waals surface area (Å²) in [6, 6.07) is 3.57. The van der Waals surface area contributed by atoms with Gasteiger partial charge in [-0.15, -0.1) is 0 Å². The molecule has 0 aromatic heterocycles. The van der Waals surface area contributed by atoms with E-state index in [1.165, 1.54) is 19.1 Å². The summed E-state index contributed by atoms with van der Waals surface area (Å²) in [4.78, 5) is 10.7. The maximum Gasteiger partial charge on any atom is 0.154 e. The Balaban J connectivity index is 2.94. The van der Waals surface area contributed by atoms with Gasteiger partial charge in [-0.25, -0.2) is 8.78 Å². The number of halogens is 2. The first kappa shape index (κ1) is 11.4. The van der Waals surface area contributed by atoms with Crippen molar-refractivity contribution in [3.05, 3.63) is 41.6 Å². The standard InChI is InChI=1S/C11H11F2NO/c1-7(6-8(2)15)14-11-9(12)4-3-5-10(11)13/h3-6,14H,1-2H3. The molecule has 0 heterocycles. The van der Waals surface area contributed by atoms with Crippen LogP contribution < -0.4 is 5.32 Å². The quantitative estimate of drug-likeness (QED) is 0.779. The highest BCUT2D eigenvalue weighted by Gasteiger charge is 2.07. The second-order valence-corrected chi connectivity index (χ2v) is 3.16. The molecule has 0 unspecified atom stereocenters. The minimum atomic E-state index is -0.689. The minimum absolute atomic E-state index is 0.184. The number of carbonyl (C=O) groups excluding carboxylic acids is 1. The molecule has 0 aliphatic rings. The average molecular weight is 211 g/mol. The fourth-order valence-electron chi connectivity index (χ4n) is 1.16. The van der Waals surface area contributed by atoms with Gasteiger partial charge in [-0.05, 0) is 32.1 Å². The van der Waals surface area contributed by atoms with E-state index in [-0.39, 0.29) is 11.5 Å². The lowest BCUT2D eigenvalue weighted by Gasteiger charge is -2.08. The van der Waals surface area contributed by atoms with Crippen molar-refractivity contribution < 1.29 is 13.6 Å². The van der Waals surface area contributed by atoms with Crippen molar-refractivity contribution in [2.24, 2.45) is 0 Å². The van der Waals surface area contributed by atoms with Crippen LogP contribution in [0.25, 0.3) is 0 Å². The predicted molar refractivity (Wildman–Crippen MR) is 54.4 cm³/mol. The largest absolute Gasteiger partial charge is 0.354 e. The van der Waals surface area contributed by atoms with Crippen LogP contribution in [-0.2, 0) is 4.79 Å². The second kappa shape index (κ2) is 4.68. The number of hydrogen-bond donors (Lipinski definition) is 1. The van der Waals surface area contributed by atoms with Crippen LogP contribution in [-0.4, -0.2) is 5.78 Å². The molecule has 1 N–H and O–H groups in total. The van der Waals surface area contributed by atoms with Crippen molar-refractivity contribution in [1.82, 2.24) is 0 Å². The van der Waals surface area contributed by atoms with E-state index in [9.17, 15) is 13.6 Å². The number of benzene rings is 1. The Labute approximate surface area is 86.6 Å². The lowest BCUT2D eigenvalue weighted by molar-refractivity contribution is -0.112. The van der Waals surface area contributed by atoms with Gasteiger partial charge in [0.25, 0.3) is 0 Å². The summed E-state index contributed by atoms with van der Waals surface area (Å²) in [5.41, 5.74) is 0.152. The Morgan fingerprint density at radius 1 is 1.27 bits per heavy atom. The monoisotopic (exact) mass is 211 g/mol. The van der Waals surface area contributed by atoms with Gasteiger partial charge in [-0.1, -0.05) is 6.07 Å². The molecule has 1 rings (SSSR count). The van der Waals surface area contributed by atoms with Gasteiger partial charge in [-0.2, -0.15) is 0 Å². The van der Waals surface area contributed by atoms with E-state index in [2.05, 4.69) is 5.32 Å². The fourth-order valence-corrected chi connectivity index (χ4v) is 1.16. The molecule has 2 nitrogen and oxygen atoms in total. The first-order valence-electron chi connectivity index (χ1n) is 4.40. The highest BCUT2D eigenvalue weighted by Crippen LogP contribution is 2.19. The van der Waals surface area contributed by atoms with E-state index in [1.54, 1.807) is 6.92 Å². The molecule has 15 heavy (non-hydrogen) atoms. The van der Waals surface area contributed by atoms with Crippen LogP contribution in [0.4, 0.5) is 14.5 Å². The maximum absolute atomic E-state index is 13.1. The van der Waals surface area contributed by atoms with Gasteiger partial charge in [0.15, 0.2) is 5.78 Å². The first-order chi connectivity index (χ1) is 7.00. The number of anilines is 1. The van der Waals surface area contributed by atoms with Crippen LogP contribution in [0.5, 0.6) is 0 Å². The van der Waals surface area contributed by atoms with E-state index in [4.69, 9.17) is 0 Å². The molecule has 0 atom stereocenters. The maximum atomic E-state index is 13.1. The number of allylic oxidation sites excluding steroid dienone is 2. The van der Waals surface area contributed by atoms with Crippen LogP contribution in [0.2, 0.25) is 0 Å². The zero-order valence-electron chi connectivity index (χ0n) is 8.47.